The highest BCUT2D eigenvalue weighted by atomic mass is 79.9. The fraction of sp³-hybridized carbons (Fsp3) is 0.200. The van der Waals surface area contributed by atoms with Gasteiger partial charge in [0, 0.05) is 15.4 Å². The zero-order valence-electron chi connectivity index (χ0n) is 13.9. The van der Waals surface area contributed by atoms with E-state index in [-0.39, 0.29) is 11.4 Å². The van der Waals surface area contributed by atoms with Gasteiger partial charge in [-0.3, -0.25) is 4.79 Å². The second-order valence-electron chi connectivity index (χ2n) is 6.79. The third kappa shape index (κ3) is 3.65. The van der Waals surface area contributed by atoms with Gasteiger partial charge in [0.2, 0.25) is 0 Å². The molecule has 0 saturated carbocycles. The van der Waals surface area contributed by atoms with Crippen molar-refractivity contribution in [3.63, 3.8) is 0 Å². The zero-order valence-corrected chi connectivity index (χ0v) is 15.5. The molecule has 1 amide bonds. The zero-order chi connectivity index (χ0) is 17.3. The number of amides is 1. The molecule has 2 aromatic carbocycles. The molecule has 3 rings (SSSR count). The lowest BCUT2D eigenvalue weighted by Crippen LogP contribution is -2.40. The molecule has 0 bridgehead atoms. The van der Waals surface area contributed by atoms with Gasteiger partial charge in [-0.25, -0.2) is 4.98 Å². The Morgan fingerprint density at radius 1 is 1.04 bits per heavy atom. The van der Waals surface area contributed by atoms with Crippen molar-refractivity contribution in [2.75, 3.05) is 0 Å². The lowest BCUT2D eigenvalue weighted by Gasteiger charge is -2.20. The van der Waals surface area contributed by atoms with Gasteiger partial charge in [0.15, 0.2) is 0 Å². The second-order valence-corrected chi connectivity index (χ2v) is 7.70. The summed E-state index contributed by atoms with van der Waals surface area (Å²) in [7, 11) is 0. The monoisotopic (exact) mass is 382 g/mol. The Bertz CT molecular complexity index is 899. The molecule has 122 valence electrons. The normalized spacial score (nSPS) is 11.5. The number of carbonyl (C=O) groups is 1. The average molecular weight is 383 g/mol. The first kappa shape index (κ1) is 16.7. The molecule has 0 aliphatic heterocycles. The molecular weight excluding hydrogens is 364 g/mol. The van der Waals surface area contributed by atoms with Crippen LogP contribution in [0.2, 0.25) is 0 Å². The summed E-state index contributed by atoms with van der Waals surface area (Å²) in [6.45, 7) is 5.88. The van der Waals surface area contributed by atoms with Crippen LogP contribution in [0.15, 0.2) is 59.1 Å². The van der Waals surface area contributed by atoms with Crippen molar-refractivity contribution in [2.45, 2.75) is 26.3 Å². The summed E-state index contributed by atoms with van der Waals surface area (Å²) in [5, 5.41) is 4.00. The highest BCUT2D eigenvalue weighted by molar-refractivity contribution is 9.10. The minimum Gasteiger partial charge on any atom is -0.346 e. The Labute approximate surface area is 150 Å². The molecule has 1 N–H and O–H groups in total. The highest BCUT2D eigenvalue weighted by Gasteiger charge is 2.18. The molecule has 0 saturated heterocycles. The molecule has 1 heterocycles. The number of halogens is 1. The van der Waals surface area contributed by atoms with E-state index in [1.165, 1.54) is 0 Å². The van der Waals surface area contributed by atoms with Crippen molar-refractivity contribution >= 4 is 32.7 Å². The third-order valence-electron chi connectivity index (χ3n) is 3.58. The van der Waals surface area contributed by atoms with Gasteiger partial charge in [0.05, 0.1) is 5.52 Å². The van der Waals surface area contributed by atoms with E-state index >= 15 is 0 Å². The number of pyridine rings is 1. The fourth-order valence-corrected chi connectivity index (χ4v) is 2.94. The standard InChI is InChI=1S/C20H19BrN2O/c1-20(2,3)23-19(24)18-12-15(13-7-5-4-6-8-13)16-11-14(21)9-10-17(16)22-18/h4-12H,1-3H3,(H,23,24). The van der Waals surface area contributed by atoms with Gasteiger partial charge >= 0.3 is 0 Å². The number of carbonyl (C=O) groups excluding carboxylic acids is 1. The molecular formula is C20H19BrN2O. The summed E-state index contributed by atoms with van der Waals surface area (Å²) in [6.07, 6.45) is 0. The second kappa shape index (κ2) is 6.36. The predicted octanol–water partition coefficient (Wildman–Crippen LogP) is 5.19. The molecule has 1 aromatic heterocycles. The van der Waals surface area contributed by atoms with Crippen LogP contribution in [0.5, 0.6) is 0 Å². The number of hydrogen-bond donors (Lipinski definition) is 1. The summed E-state index contributed by atoms with van der Waals surface area (Å²) in [6, 6.07) is 17.8. The molecule has 0 aliphatic rings. The van der Waals surface area contributed by atoms with Gasteiger partial charge < -0.3 is 5.32 Å². The maximum Gasteiger partial charge on any atom is 0.270 e. The molecule has 4 heteroatoms. The van der Waals surface area contributed by atoms with E-state index in [0.29, 0.717) is 5.69 Å². The first-order valence-electron chi connectivity index (χ1n) is 7.82. The summed E-state index contributed by atoms with van der Waals surface area (Å²) in [5.41, 5.74) is 2.99. The van der Waals surface area contributed by atoms with Crippen LogP contribution in [0.25, 0.3) is 22.0 Å². The third-order valence-corrected chi connectivity index (χ3v) is 4.07. The molecule has 0 unspecified atom stereocenters. The van der Waals surface area contributed by atoms with Crippen molar-refractivity contribution in [3.05, 3.63) is 64.8 Å². The molecule has 0 radical (unpaired) electrons. The van der Waals surface area contributed by atoms with Gasteiger partial charge in [-0.05, 0) is 56.2 Å². The van der Waals surface area contributed by atoms with Crippen LogP contribution < -0.4 is 5.32 Å². The number of nitrogens with one attached hydrogen (secondary N) is 1. The summed E-state index contributed by atoms with van der Waals surface area (Å²) < 4.78 is 0.987. The fourth-order valence-electron chi connectivity index (χ4n) is 2.58. The smallest absolute Gasteiger partial charge is 0.270 e. The predicted molar refractivity (Wildman–Crippen MR) is 102 cm³/mol. The van der Waals surface area contributed by atoms with E-state index in [1.54, 1.807) is 0 Å². The van der Waals surface area contributed by atoms with Crippen molar-refractivity contribution in [2.24, 2.45) is 0 Å². The van der Waals surface area contributed by atoms with Crippen molar-refractivity contribution < 1.29 is 4.79 Å². The quantitative estimate of drug-likeness (QED) is 0.662. The molecule has 0 fully saturated rings. The molecule has 0 spiro atoms. The lowest BCUT2D eigenvalue weighted by atomic mass is 9.99. The number of fused-ring (bicyclic) bond motifs is 1. The van der Waals surface area contributed by atoms with Crippen molar-refractivity contribution in [1.82, 2.24) is 10.3 Å². The van der Waals surface area contributed by atoms with Gasteiger partial charge in [0.1, 0.15) is 5.69 Å². The Kier molecular flexibility index (Phi) is 4.41. The first-order chi connectivity index (χ1) is 11.3. The van der Waals surface area contributed by atoms with E-state index < -0.39 is 0 Å². The molecule has 3 nitrogen and oxygen atoms in total. The maximum absolute atomic E-state index is 12.6. The van der Waals surface area contributed by atoms with Crippen LogP contribution in [-0.2, 0) is 0 Å². The van der Waals surface area contributed by atoms with Gasteiger partial charge in [0.25, 0.3) is 5.91 Å². The van der Waals surface area contributed by atoms with E-state index in [1.807, 2.05) is 75.4 Å². The van der Waals surface area contributed by atoms with Crippen LogP contribution in [0, 0.1) is 0 Å². The topological polar surface area (TPSA) is 42.0 Å². The lowest BCUT2D eigenvalue weighted by molar-refractivity contribution is 0.0915. The van der Waals surface area contributed by atoms with Crippen molar-refractivity contribution in [1.29, 1.82) is 0 Å². The van der Waals surface area contributed by atoms with Crippen LogP contribution in [0.3, 0.4) is 0 Å². The minimum atomic E-state index is -0.305. The minimum absolute atomic E-state index is 0.163. The number of hydrogen-bond acceptors (Lipinski definition) is 2. The number of nitrogens with zero attached hydrogens (tertiary/aromatic N) is 1. The van der Waals surface area contributed by atoms with Crippen molar-refractivity contribution in [3.8, 4) is 11.1 Å². The van der Waals surface area contributed by atoms with E-state index in [0.717, 1.165) is 26.5 Å². The molecule has 3 aromatic rings. The Morgan fingerprint density at radius 2 is 1.75 bits per heavy atom. The summed E-state index contributed by atoms with van der Waals surface area (Å²) in [4.78, 5) is 17.1. The molecule has 0 aliphatic carbocycles. The summed E-state index contributed by atoms with van der Waals surface area (Å²) in [5.74, 6) is -0.163. The van der Waals surface area contributed by atoms with Crippen LogP contribution in [-0.4, -0.2) is 16.4 Å². The van der Waals surface area contributed by atoms with E-state index in [2.05, 4.69) is 26.2 Å². The molecule has 24 heavy (non-hydrogen) atoms. The summed E-state index contributed by atoms with van der Waals surface area (Å²) >= 11 is 3.52. The van der Waals surface area contributed by atoms with Crippen LogP contribution in [0.4, 0.5) is 0 Å². The highest BCUT2D eigenvalue weighted by Crippen LogP contribution is 2.30. The van der Waals surface area contributed by atoms with Gasteiger partial charge in [-0.1, -0.05) is 46.3 Å². The maximum atomic E-state index is 12.6. The van der Waals surface area contributed by atoms with Crippen LogP contribution >= 0.6 is 15.9 Å². The van der Waals surface area contributed by atoms with E-state index in [4.69, 9.17) is 0 Å². The van der Waals surface area contributed by atoms with E-state index in [9.17, 15) is 4.79 Å². The Hall–Kier alpha value is -2.20. The number of aromatic nitrogens is 1. The number of rotatable bonds is 2. The average Bonchev–Trinajstić information content (AvgIpc) is 2.53. The first-order valence-corrected chi connectivity index (χ1v) is 8.61. The van der Waals surface area contributed by atoms with Gasteiger partial charge in [-0.15, -0.1) is 0 Å². The number of benzene rings is 2. The molecule has 0 atom stereocenters. The SMILES string of the molecule is CC(C)(C)NC(=O)c1cc(-c2ccccc2)c2cc(Br)ccc2n1. The largest absolute Gasteiger partial charge is 0.346 e. The van der Waals surface area contributed by atoms with Crippen LogP contribution in [0.1, 0.15) is 31.3 Å². The Balaban J connectivity index is 2.20. The van der Waals surface area contributed by atoms with Gasteiger partial charge in [-0.2, -0.15) is 0 Å². The Morgan fingerprint density at radius 3 is 2.42 bits per heavy atom.